The Balaban J connectivity index is 2.82. The topological polar surface area (TPSA) is 46.6 Å². The Kier molecular flexibility index (Phi) is 4.33. The maximum atomic E-state index is 11.5. The van der Waals surface area contributed by atoms with Crippen molar-refractivity contribution < 1.29 is 14.3 Å². The lowest BCUT2D eigenvalue weighted by atomic mass is 9.78. The van der Waals surface area contributed by atoms with Crippen LogP contribution in [0.1, 0.15) is 45.4 Å². The highest BCUT2D eigenvalue weighted by Gasteiger charge is 2.39. The molecular formula is C12H21NO3. The molecule has 1 aliphatic carbocycles. The third-order valence-corrected chi connectivity index (χ3v) is 3.67. The summed E-state index contributed by atoms with van der Waals surface area (Å²) >= 11 is 0. The van der Waals surface area contributed by atoms with Gasteiger partial charge in [0.1, 0.15) is 0 Å². The molecule has 0 unspecified atom stereocenters. The number of ether oxygens (including phenoxy) is 1. The average molecular weight is 227 g/mol. The van der Waals surface area contributed by atoms with Crippen LogP contribution < -0.4 is 0 Å². The van der Waals surface area contributed by atoms with E-state index in [2.05, 4.69) is 0 Å². The maximum Gasteiger partial charge on any atom is 0.307 e. The van der Waals surface area contributed by atoms with E-state index in [0.717, 1.165) is 25.7 Å². The van der Waals surface area contributed by atoms with Crippen LogP contribution in [0.2, 0.25) is 0 Å². The average Bonchev–Trinajstić information content (AvgIpc) is 2.29. The van der Waals surface area contributed by atoms with E-state index in [-0.39, 0.29) is 17.4 Å². The number of amides is 1. The van der Waals surface area contributed by atoms with Crippen molar-refractivity contribution in [2.24, 2.45) is 0 Å². The summed E-state index contributed by atoms with van der Waals surface area (Å²) in [4.78, 5) is 24.7. The van der Waals surface area contributed by atoms with E-state index < -0.39 is 0 Å². The Morgan fingerprint density at radius 2 is 1.81 bits per heavy atom. The fourth-order valence-corrected chi connectivity index (χ4v) is 2.52. The van der Waals surface area contributed by atoms with Gasteiger partial charge in [-0.1, -0.05) is 19.3 Å². The number of carbonyl (C=O) groups excluding carboxylic acids is 2. The molecule has 0 spiro atoms. The van der Waals surface area contributed by atoms with E-state index in [1.807, 2.05) is 0 Å². The van der Waals surface area contributed by atoms with Gasteiger partial charge in [-0.3, -0.25) is 9.59 Å². The third kappa shape index (κ3) is 2.74. The summed E-state index contributed by atoms with van der Waals surface area (Å²) in [6.45, 7) is 1.55. The molecule has 0 heterocycles. The van der Waals surface area contributed by atoms with Crippen molar-refractivity contribution in [3.05, 3.63) is 0 Å². The van der Waals surface area contributed by atoms with Crippen LogP contribution in [0.5, 0.6) is 0 Å². The molecule has 4 heteroatoms. The highest BCUT2D eigenvalue weighted by molar-refractivity contribution is 5.76. The molecule has 1 fully saturated rings. The summed E-state index contributed by atoms with van der Waals surface area (Å²) in [6, 6.07) is 0. The highest BCUT2D eigenvalue weighted by atomic mass is 16.5. The lowest BCUT2D eigenvalue weighted by Crippen LogP contribution is -2.51. The van der Waals surface area contributed by atoms with Crippen molar-refractivity contribution in [2.75, 3.05) is 14.2 Å². The summed E-state index contributed by atoms with van der Waals surface area (Å²) in [5, 5.41) is 0. The van der Waals surface area contributed by atoms with Gasteiger partial charge in [-0.25, -0.2) is 0 Å². The molecule has 1 rings (SSSR count). The number of hydrogen-bond acceptors (Lipinski definition) is 3. The van der Waals surface area contributed by atoms with Crippen LogP contribution in [0, 0.1) is 0 Å². The van der Waals surface area contributed by atoms with Gasteiger partial charge < -0.3 is 9.64 Å². The van der Waals surface area contributed by atoms with E-state index in [4.69, 9.17) is 4.74 Å². The van der Waals surface area contributed by atoms with Crippen molar-refractivity contribution >= 4 is 11.9 Å². The predicted molar refractivity (Wildman–Crippen MR) is 60.9 cm³/mol. The first-order chi connectivity index (χ1) is 7.52. The minimum atomic E-state index is -0.308. The largest absolute Gasteiger partial charge is 0.469 e. The van der Waals surface area contributed by atoms with Crippen LogP contribution in [0.15, 0.2) is 0 Å². The SMILES string of the molecule is COC(=O)CC1(N(C)C(C)=O)CCCCC1. The van der Waals surface area contributed by atoms with Gasteiger partial charge in [-0.2, -0.15) is 0 Å². The molecule has 92 valence electrons. The summed E-state index contributed by atoms with van der Waals surface area (Å²) in [5.41, 5.74) is -0.308. The zero-order valence-electron chi connectivity index (χ0n) is 10.4. The maximum absolute atomic E-state index is 11.5. The van der Waals surface area contributed by atoms with Gasteiger partial charge in [0, 0.05) is 14.0 Å². The smallest absolute Gasteiger partial charge is 0.307 e. The van der Waals surface area contributed by atoms with Crippen LogP contribution in [0.4, 0.5) is 0 Å². The number of methoxy groups -OCH3 is 1. The fraction of sp³-hybridized carbons (Fsp3) is 0.833. The Hall–Kier alpha value is -1.06. The van der Waals surface area contributed by atoms with Crippen molar-refractivity contribution in [3.8, 4) is 0 Å². The molecule has 1 aliphatic rings. The van der Waals surface area contributed by atoms with Crippen molar-refractivity contribution in [3.63, 3.8) is 0 Å². The molecular weight excluding hydrogens is 206 g/mol. The molecule has 0 atom stereocenters. The van der Waals surface area contributed by atoms with Gasteiger partial charge in [-0.05, 0) is 12.8 Å². The van der Waals surface area contributed by atoms with Gasteiger partial charge >= 0.3 is 5.97 Å². The zero-order valence-corrected chi connectivity index (χ0v) is 10.4. The third-order valence-electron chi connectivity index (χ3n) is 3.67. The molecule has 0 aromatic heterocycles. The molecule has 4 nitrogen and oxygen atoms in total. The van der Waals surface area contributed by atoms with Gasteiger partial charge in [0.15, 0.2) is 0 Å². The molecule has 1 amide bonds. The first-order valence-electron chi connectivity index (χ1n) is 5.83. The highest BCUT2D eigenvalue weighted by Crippen LogP contribution is 2.36. The monoisotopic (exact) mass is 227 g/mol. The van der Waals surface area contributed by atoms with Crippen LogP contribution in [0.25, 0.3) is 0 Å². The molecule has 0 N–H and O–H groups in total. The first-order valence-corrected chi connectivity index (χ1v) is 5.83. The van der Waals surface area contributed by atoms with E-state index in [1.54, 1.807) is 18.9 Å². The normalized spacial score (nSPS) is 18.9. The Morgan fingerprint density at radius 1 is 1.25 bits per heavy atom. The minimum Gasteiger partial charge on any atom is -0.469 e. The Labute approximate surface area is 96.9 Å². The Morgan fingerprint density at radius 3 is 2.25 bits per heavy atom. The van der Waals surface area contributed by atoms with E-state index in [1.165, 1.54) is 13.5 Å². The van der Waals surface area contributed by atoms with Crippen LogP contribution >= 0.6 is 0 Å². The quantitative estimate of drug-likeness (QED) is 0.690. The number of hydrogen-bond donors (Lipinski definition) is 0. The second-order valence-corrected chi connectivity index (χ2v) is 4.62. The molecule has 0 radical (unpaired) electrons. The second-order valence-electron chi connectivity index (χ2n) is 4.62. The molecule has 0 aromatic carbocycles. The van der Waals surface area contributed by atoms with E-state index in [0.29, 0.717) is 6.42 Å². The van der Waals surface area contributed by atoms with Crippen LogP contribution in [0.3, 0.4) is 0 Å². The molecule has 0 aromatic rings. The summed E-state index contributed by atoms with van der Waals surface area (Å²) in [6.07, 6.45) is 5.47. The lowest BCUT2D eigenvalue weighted by molar-refractivity contribution is -0.147. The zero-order chi connectivity index (χ0) is 12.2. The second kappa shape index (κ2) is 5.32. The molecule has 0 saturated heterocycles. The molecule has 0 aliphatic heterocycles. The number of carbonyl (C=O) groups is 2. The fourth-order valence-electron chi connectivity index (χ4n) is 2.52. The lowest BCUT2D eigenvalue weighted by Gasteiger charge is -2.43. The first kappa shape index (κ1) is 13.0. The van der Waals surface area contributed by atoms with Crippen LogP contribution in [-0.2, 0) is 14.3 Å². The molecule has 16 heavy (non-hydrogen) atoms. The predicted octanol–water partition coefficient (Wildman–Crippen LogP) is 1.73. The summed E-state index contributed by atoms with van der Waals surface area (Å²) < 4.78 is 4.73. The van der Waals surface area contributed by atoms with Crippen molar-refractivity contribution in [1.82, 2.24) is 4.90 Å². The van der Waals surface area contributed by atoms with E-state index >= 15 is 0 Å². The summed E-state index contributed by atoms with van der Waals surface area (Å²) in [7, 11) is 3.18. The van der Waals surface area contributed by atoms with Gasteiger partial charge in [0.05, 0.1) is 19.1 Å². The molecule has 0 bridgehead atoms. The summed E-state index contributed by atoms with van der Waals surface area (Å²) in [5.74, 6) is -0.208. The molecule has 1 saturated carbocycles. The van der Waals surface area contributed by atoms with Gasteiger partial charge in [0.2, 0.25) is 5.91 Å². The van der Waals surface area contributed by atoms with Crippen molar-refractivity contribution in [1.29, 1.82) is 0 Å². The van der Waals surface area contributed by atoms with Gasteiger partial charge in [0.25, 0.3) is 0 Å². The Bertz CT molecular complexity index is 269. The van der Waals surface area contributed by atoms with Crippen LogP contribution in [-0.4, -0.2) is 36.5 Å². The number of nitrogens with zero attached hydrogens (tertiary/aromatic N) is 1. The van der Waals surface area contributed by atoms with Gasteiger partial charge in [-0.15, -0.1) is 0 Å². The minimum absolute atomic E-state index is 0.0193. The number of rotatable bonds is 3. The standard InChI is InChI=1S/C12H21NO3/c1-10(14)13(2)12(9-11(15)16-3)7-5-4-6-8-12/h4-9H2,1-3H3. The van der Waals surface area contributed by atoms with E-state index in [9.17, 15) is 9.59 Å². The van der Waals surface area contributed by atoms with Crippen molar-refractivity contribution in [2.45, 2.75) is 51.0 Å². The number of esters is 1.